The van der Waals surface area contributed by atoms with Gasteiger partial charge in [-0.15, -0.1) is 0 Å². The van der Waals surface area contributed by atoms with Crippen molar-refractivity contribution in [1.29, 1.82) is 0 Å². The van der Waals surface area contributed by atoms with E-state index in [1.807, 2.05) is 13.8 Å². The number of hydrogen-bond donors (Lipinski definition) is 0. The molecule has 1 saturated heterocycles. The number of ether oxygens (including phenoxy) is 2. The Balaban J connectivity index is 0.000000291. The van der Waals surface area contributed by atoms with E-state index in [0.717, 1.165) is 13.2 Å². The Morgan fingerprint density at radius 1 is 1.11 bits per heavy atom. The van der Waals surface area contributed by atoms with Gasteiger partial charge in [0.1, 0.15) is 6.79 Å². The van der Waals surface area contributed by atoms with Crippen molar-refractivity contribution in [2.24, 2.45) is 5.92 Å². The lowest BCUT2D eigenvalue weighted by molar-refractivity contribution is -0.121. The van der Waals surface area contributed by atoms with E-state index in [2.05, 4.69) is 6.92 Å². The van der Waals surface area contributed by atoms with Crippen LogP contribution < -0.4 is 0 Å². The molecule has 1 rings (SSSR count). The molecule has 0 amide bonds. The second kappa shape index (κ2) is 6.05. The Labute approximate surface area is 57.2 Å². The normalized spacial score (nSPS) is 20.3. The fourth-order valence-corrected chi connectivity index (χ4v) is 0.606. The van der Waals surface area contributed by atoms with Crippen LogP contribution in [0.1, 0.15) is 20.8 Å². The summed E-state index contributed by atoms with van der Waals surface area (Å²) >= 11 is 0. The fraction of sp³-hybridized carbons (Fsp3) is 1.00. The van der Waals surface area contributed by atoms with Gasteiger partial charge in [0.25, 0.3) is 0 Å². The van der Waals surface area contributed by atoms with Gasteiger partial charge >= 0.3 is 0 Å². The minimum Gasteiger partial charge on any atom is -0.355 e. The zero-order valence-electron chi connectivity index (χ0n) is 6.52. The van der Waals surface area contributed by atoms with Crippen molar-refractivity contribution in [2.45, 2.75) is 20.8 Å². The molecule has 2 nitrogen and oxygen atoms in total. The molecule has 0 bridgehead atoms. The quantitative estimate of drug-likeness (QED) is 0.499. The van der Waals surface area contributed by atoms with E-state index < -0.39 is 0 Å². The minimum atomic E-state index is 0.490. The van der Waals surface area contributed by atoms with E-state index in [0.29, 0.717) is 12.7 Å². The highest BCUT2D eigenvalue weighted by molar-refractivity contribution is 4.49. The van der Waals surface area contributed by atoms with Crippen molar-refractivity contribution in [3.63, 3.8) is 0 Å². The predicted octanol–water partition coefficient (Wildman–Crippen LogP) is 1.65. The van der Waals surface area contributed by atoms with Crippen molar-refractivity contribution >= 4 is 0 Å². The number of rotatable bonds is 0. The van der Waals surface area contributed by atoms with E-state index in [4.69, 9.17) is 9.47 Å². The molecule has 0 radical (unpaired) electrons. The first-order chi connectivity index (χ1) is 4.39. The van der Waals surface area contributed by atoms with Gasteiger partial charge in [-0.1, -0.05) is 20.8 Å². The summed E-state index contributed by atoms with van der Waals surface area (Å²) < 4.78 is 9.92. The highest BCUT2D eigenvalue weighted by atomic mass is 16.7. The predicted molar refractivity (Wildman–Crippen MR) is 37.3 cm³/mol. The maximum Gasteiger partial charge on any atom is 0.146 e. The topological polar surface area (TPSA) is 18.5 Å². The standard InChI is InChI=1S/C5H10O2.C2H6/c1-5-2-6-4-7-3-5;1-2/h5H,2-4H2,1H3;1-2H3. The van der Waals surface area contributed by atoms with Crippen molar-refractivity contribution < 1.29 is 9.47 Å². The second-order valence-electron chi connectivity index (χ2n) is 1.96. The van der Waals surface area contributed by atoms with Crippen LogP contribution in [0.2, 0.25) is 0 Å². The molecule has 56 valence electrons. The van der Waals surface area contributed by atoms with E-state index in [9.17, 15) is 0 Å². The molecule has 0 aromatic carbocycles. The Bertz CT molecular complexity index is 48.9. The largest absolute Gasteiger partial charge is 0.355 e. The maximum absolute atomic E-state index is 4.96. The summed E-state index contributed by atoms with van der Waals surface area (Å²) in [7, 11) is 0. The fourth-order valence-electron chi connectivity index (χ4n) is 0.606. The third-order valence-corrected chi connectivity index (χ3v) is 0.971. The molecule has 0 aromatic heterocycles. The Morgan fingerprint density at radius 2 is 1.56 bits per heavy atom. The van der Waals surface area contributed by atoms with Gasteiger partial charge in [-0.25, -0.2) is 0 Å². The monoisotopic (exact) mass is 132 g/mol. The van der Waals surface area contributed by atoms with E-state index >= 15 is 0 Å². The summed E-state index contributed by atoms with van der Waals surface area (Å²) in [6.07, 6.45) is 0. The lowest BCUT2D eigenvalue weighted by Crippen LogP contribution is -2.20. The van der Waals surface area contributed by atoms with Crippen LogP contribution in [0.4, 0.5) is 0 Å². The Morgan fingerprint density at radius 3 is 1.78 bits per heavy atom. The van der Waals surface area contributed by atoms with Crippen molar-refractivity contribution in [1.82, 2.24) is 0 Å². The van der Waals surface area contributed by atoms with E-state index in [-0.39, 0.29) is 0 Å². The van der Waals surface area contributed by atoms with Crippen LogP contribution in [0.25, 0.3) is 0 Å². The summed E-state index contributed by atoms with van der Waals surface area (Å²) in [5, 5.41) is 0. The molecule has 0 aromatic rings. The zero-order valence-corrected chi connectivity index (χ0v) is 6.52. The summed E-state index contributed by atoms with van der Waals surface area (Å²) in [5.41, 5.74) is 0. The van der Waals surface area contributed by atoms with Crippen LogP contribution in [0.5, 0.6) is 0 Å². The summed E-state index contributed by atoms with van der Waals surface area (Å²) in [6.45, 7) is 8.32. The van der Waals surface area contributed by atoms with Gasteiger partial charge in [0.2, 0.25) is 0 Å². The van der Waals surface area contributed by atoms with Gasteiger partial charge in [0.05, 0.1) is 13.2 Å². The molecule has 9 heavy (non-hydrogen) atoms. The van der Waals surface area contributed by atoms with Gasteiger partial charge in [-0.05, 0) is 0 Å². The molecular weight excluding hydrogens is 116 g/mol. The van der Waals surface area contributed by atoms with E-state index in [1.165, 1.54) is 0 Å². The first kappa shape index (κ1) is 8.92. The highest BCUT2D eigenvalue weighted by Crippen LogP contribution is 2.01. The minimum absolute atomic E-state index is 0.490. The van der Waals surface area contributed by atoms with Crippen molar-refractivity contribution in [2.75, 3.05) is 20.0 Å². The Kier molecular flexibility index (Phi) is 5.99. The van der Waals surface area contributed by atoms with Gasteiger partial charge in [-0.2, -0.15) is 0 Å². The molecule has 0 N–H and O–H groups in total. The molecule has 1 heterocycles. The first-order valence-electron chi connectivity index (χ1n) is 3.55. The summed E-state index contributed by atoms with van der Waals surface area (Å²) in [5.74, 6) is 0.591. The van der Waals surface area contributed by atoms with Crippen LogP contribution in [0.15, 0.2) is 0 Å². The van der Waals surface area contributed by atoms with Crippen LogP contribution in [0, 0.1) is 5.92 Å². The third kappa shape index (κ3) is 4.43. The molecule has 1 fully saturated rings. The second-order valence-corrected chi connectivity index (χ2v) is 1.96. The lowest BCUT2D eigenvalue weighted by Gasteiger charge is -2.17. The van der Waals surface area contributed by atoms with Gasteiger partial charge in [-0.3, -0.25) is 0 Å². The molecule has 0 aliphatic carbocycles. The van der Waals surface area contributed by atoms with E-state index in [1.54, 1.807) is 0 Å². The molecule has 2 heteroatoms. The van der Waals surface area contributed by atoms with Crippen LogP contribution in [-0.2, 0) is 9.47 Å². The van der Waals surface area contributed by atoms with Gasteiger partial charge in [0, 0.05) is 5.92 Å². The van der Waals surface area contributed by atoms with Crippen molar-refractivity contribution in [3.05, 3.63) is 0 Å². The van der Waals surface area contributed by atoms with Crippen LogP contribution in [-0.4, -0.2) is 20.0 Å². The average molecular weight is 132 g/mol. The molecule has 1 aliphatic rings. The lowest BCUT2D eigenvalue weighted by atomic mass is 10.2. The highest BCUT2D eigenvalue weighted by Gasteiger charge is 2.06. The third-order valence-electron chi connectivity index (χ3n) is 0.971. The average Bonchev–Trinajstić information content (AvgIpc) is 1.94. The summed E-state index contributed by atoms with van der Waals surface area (Å²) in [4.78, 5) is 0. The van der Waals surface area contributed by atoms with Crippen LogP contribution >= 0.6 is 0 Å². The first-order valence-corrected chi connectivity index (χ1v) is 3.55. The molecule has 0 spiro atoms. The molecule has 0 saturated carbocycles. The maximum atomic E-state index is 4.96. The van der Waals surface area contributed by atoms with Gasteiger partial charge < -0.3 is 9.47 Å². The molecular formula is C7H16O2. The smallest absolute Gasteiger partial charge is 0.146 e. The van der Waals surface area contributed by atoms with Crippen LogP contribution in [0.3, 0.4) is 0 Å². The zero-order chi connectivity index (χ0) is 7.11. The number of hydrogen-bond acceptors (Lipinski definition) is 2. The summed E-state index contributed by atoms with van der Waals surface area (Å²) in [6, 6.07) is 0. The van der Waals surface area contributed by atoms with Crippen molar-refractivity contribution in [3.8, 4) is 0 Å². The molecule has 1 aliphatic heterocycles. The SMILES string of the molecule is CC.CC1COCOC1. The van der Waals surface area contributed by atoms with Gasteiger partial charge in [0.15, 0.2) is 0 Å². The molecule has 0 atom stereocenters. The molecule has 0 unspecified atom stereocenters. The Hall–Kier alpha value is -0.0800.